The molecule has 0 unspecified atom stereocenters. The molecule has 1 N–H and O–H groups in total. The van der Waals surface area contributed by atoms with E-state index in [2.05, 4.69) is 9.88 Å². The van der Waals surface area contributed by atoms with Crippen LogP contribution in [0.4, 0.5) is 0 Å². The van der Waals surface area contributed by atoms with Crippen LogP contribution in [0, 0.1) is 0 Å². The van der Waals surface area contributed by atoms with E-state index in [0.29, 0.717) is 0 Å². The van der Waals surface area contributed by atoms with Gasteiger partial charge in [-0.2, -0.15) is 0 Å². The second-order valence-electron chi connectivity index (χ2n) is 6.21. The number of carbonyl (C=O) groups is 1. The molecule has 1 aromatic carbocycles. The molecule has 0 bridgehead atoms. The average molecular weight is 295 g/mol. The van der Waals surface area contributed by atoms with E-state index in [4.69, 9.17) is 0 Å². The van der Waals surface area contributed by atoms with Gasteiger partial charge < -0.3 is 9.88 Å². The first-order chi connectivity index (χ1) is 10.8. The van der Waals surface area contributed by atoms with Gasteiger partial charge in [0.15, 0.2) is 0 Å². The fourth-order valence-corrected chi connectivity index (χ4v) is 3.30. The zero-order valence-electron chi connectivity index (χ0n) is 12.7. The molecule has 2 fully saturated rings. The lowest BCUT2D eigenvalue weighted by Crippen LogP contribution is -2.49. The molecule has 1 saturated carbocycles. The van der Waals surface area contributed by atoms with Crippen LogP contribution >= 0.6 is 0 Å². The summed E-state index contributed by atoms with van der Waals surface area (Å²) in [7, 11) is 0. The van der Waals surface area contributed by atoms with Crippen LogP contribution in [-0.2, 0) is 0 Å². The SMILES string of the molecule is O=C(c1c[nH]cc1-c1ccccc1)N1CCN(C2CC2)CC1. The van der Waals surface area contributed by atoms with Crippen LogP contribution in [0.2, 0.25) is 0 Å². The number of rotatable bonds is 3. The molecule has 114 valence electrons. The van der Waals surface area contributed by atoms with Crippen LogP contribution in [0.1, 0.15) is 23.2 Å². The molecule has 4 nitrogen and oxygen atoms in total. The molecule has 2 aliphatic rings. The zero-order chi connectivity index (χ0) is 14.9. The van der Waals surface area contributed by atoms with Gasteiger partial charge in [0.2, 0.25) is 0 Å². The lowest BCUT2D eigenvalue weighted by molar-refractivity contribution is 0.0628. The molecular formula is C18H21N3O. The molecule has 22 heavy (non-hydrogen) atoms. The summed E-state index contributed by atoms with van der Waals surface area (Å²) in [5.74, 6) is 0.149. The van der Waals surface area contributed by atoms with E-state index in [0.717, 1.165) is 48.9 Å². The lowest BCUT2D eigenvalue weighted by atomic mass is 10.0. The number of benzene rings is 1. The van der Waals surface area contributed by atoms with E-state index in [1.54, 1.807) is 0 Å². The number of piperazine rings is 1. The number of aromatic nitrogens is 1. The maximum Gasteiger partial charge on any atom is 0.256 e. The predicted octanol–water partition coefficient (Wildman–Crippen LogP) is 2.60. The smallest absolute Gasteiger partial charge is 0.256 e. The molecule has 1 aliphatic carbocycles. The molecule has 0 spiro atoms. The van der Waals surface area contributed by atoms with Crippen molar-refractivity contribution in [2.75, 3.05) is 26.2 Å². The summed E-state index contributed by atoms with van der Waals surface area (Å²) in [6, 6.07) is 10.9. The number of hydrogen-bond acceptors (Lipinski definition) is 2. The Morgan fingerprint density at radius 3 is 2.41 bits per heavy atom. The number of amides is 1. The minimum atomic E-state index is 0.149. The highest BCUT2D eigenvalue weighted by Crippen LogP contribution is 2.28. The van der Waals surface area contributed by atoms with E-state index in [1.165, 1.54) is 12.8 Å². The maximum absolute atomic E-state index is 12.8. The monoisotopic (exact) mass is 295 g/mol. The second-order valence-corrected chi connectivity index (χ2v) is 6.21. The van der Waals surface area contributed by atoms with E-state index < -0.39 is 0 Å². The normalized spacial score (nSPS) is 19.4. The van der Waals surface area contributed by atoms with Crippen LogP contribution in [0.3, 0.4) is 0 Å². The zero-order valence-corrected chi connectivity index (χ0v) is 12.7. The Morgan fingerprint density at radius 1 is 1.00 bits per heavy atom. The van der Waals surface area contributed by atoms with Crippen molar-refractivity contribution in [3.8, 4) is 11.1 Å². The molecular weight excluding hydrogens is 274 g/mol. The summed E-state index contributed by atoms with van der Waals surface area (Å²) in [5.41, 5.74) is 2.87. The molecule has 1 aliphatic heterocycles. The van der Waals surface area contributed by atoms with Crippen molar-refractivity contribution in [2.24, 2.45) is 0 Å². The molecule has 4 rings (SSSR count). The van der Waals surface area contributed by atoms with Gasteiger partial charge in [0.25, 0.3) is 5.91 Å². The van der Waals surface area contributed by atoms with E-state index in [-0.39, 0.29) is 5.91 Å². The van der Waals surface area contributed by atoms with Gasteiger partial charge in [-0.3, -0.25) is 9.69 Å². The summed E-state index contributed by atoms with van der Waals surface area (Å²) in [4.78, 5) is 20.5. The Hall–Kier alpha value is -2.07. The molecule has 0 radical (unpaired) electrons. The topological polar surface area (TPSA) is 39.3 Å². The first-order valence-corrected chi connectivity index (χ1v) is 8.08. The summed E-state index contributed by atoms with van der Waals surface area (Å²) in [5, 5.41) is 0. The van der Waals surface area contributed by atoms with Crippen molar-refractivity contribution in [3.63, 3.8) is 0 Å². The standard InChI is InChI=1S/C18H21N3O/c22-18(21-10-8-20(9-11-21)15-6-7-15)17-13-19-12-16(17)14-4-2-1-3-5-14/h1-5,12-13,15,19H,6-11H2. The summed E-state index contributed by atoms with van der Waals surface area (Å²) >= 11 is 0. The van der Waals surface area contributed by atoms with Crippen LogP contribution in [0.15, 0.2) is 42.7 Å². The first-order valence-electron chi connectivity index (χ1n) is 8.08. The average Bonchev–Trinajstić information content (AvgIpc) is 3.32. The molecule has 1 saturated heterocycles. The Labute approximate surface area is 130 Å². The van der Waals surface area contributed by atoms with Crippen LogP contribution < -0.4 is 0 Å². The van der Waals surface area contributed by atoms with Gasteiger partial charge in [-0.05, 0) is 18.4 Å². The van der Waals surface area contributed by atoms with Crippen LogP contribution in [0.25, 0.3) is 11.1 Å². The molecule has 1 aromatic heterocycles. The highest BCUT2D eigenvalue weighted by atomic mass is 16.2. The van der Waals surface area contributed by atoms with E-state index >= 15 is 0 Å². The summed E-state index contributed by atoms with van der Waals surface area (Å²) < 4.78 is 0. The Kier molecular flexibility index (Phi) is 3.47. The lowest BCUT2D eigenvalue weighted by Gasteiger charge is -2.34. The van der Waals surface area contributed by atoms with Crippen molar-refractivity contribution in [3.05, 3.63) is 48.3 Å². The molecule has 0 atom stereocenters. The molecule has 4 heteroatoms. The molecule has 2 aromatic rings. The van der Waals surface area contributed by atoms with Gasteiger partial charge in [-0.1, -0.05) is 30.3 Å². The fraction of sp³-hybridized carbons (Fsp3) is 0.389. The number of aromatic amines is 1. The van der Waals surface area contributed by atoms with Crippen LogP contribution in [-0.4, -0.2) is 52.9 Å². The van der Waals surface area contributed by atoms with Crippen molar-refractivity contribution in [1.82, 2.24) is 14.8 Å². The van der Waals surface area contributed by atoms with Gasteiger partial charge >= 0.3 is 0 Å². The largest absolute Gasteiger partial charge is 0.366 e. The Balaban J connectivity index is 1.50. The summed E-state index contributed by atoms with van der Waals surface area (Å²) in [6.07, 6.45) is 6.43. The van der Waals surface area contributed by atoms with Crippen molar-refractivity contribution in [1.29, 1.82) is 0 Å². The second kappa shape index (κ2) is 5.61. The van der Waals surface area contributed by atoms with Crippen molar-refractivity contribution >= 4 is 5.91 Å². The third-order valence-corrected chi connectivity index (χ3v) is 4.73. The Morgan fingerprint density at radius 2 is 1.73 bits per heavy atom. The van der Waals surface area contributed by atoms with Gasteiger partial charge in [-0.25, -0.2) is 0 Å². The van der Waals surface area contributed by atoms with Gasteiger partial charge in [-0.15, -0.1) is 0 Å². The fourth-order valence-electron chi connectivity index (χ4n) is 3.30. The highest BCUT2D eigenvalue weighted by molar-refractivity contribution is 6.00. The van der Waals surface area contributed by atoms with E-state index in [9.17, 15) is 4.79 Å². The number of H-pyrrole nitrogens is 1. The number of nitrogens with one attached hydrogen (secondary N) is 1. The minimum Gasteiger partial charge on any atom is -0.366 e. The number of hydrogen-bond donors (Lipinski definition) is 1. The van der Waals surface area contributed by atoms with E-state index in [1.807, 2.05) is 47.6 Å². The van der Waals surface area contributed by atoms with Gasteiger partial charge in [0.1, 0.15) is 0 Å². The van der Waals surface area contributed by atoms with Crippen LogP contribution in [0.5, 0.6) is 0 Å². The molecule has 2 heterocycles. The van der Waals surface area contributed by atoms with Gasteiger partial charge in [0.05, 0.1) is 5.56 Å². The van der Waals surface area contributed by atoms with Gasteiger partial charge in [0, 0.05) is 50.2 Å². The molecule has 1 amide bonds. The quantitative estimate of drug-likeness (QED) is 0.945. The summed E-state index contributed by atoms with van der Waals surface area (Å²) in [6.45, 7) is 3.71. The predicted molar refractivity (Wildman–Crippen MR) is 86.7 cm³/mol. The minimum absolute atomic E-state index is 0.149. The number of nitrogens with zero attached hydrogens (tertiary/aromatic N) is 2. The highest BCUT2D eigenvalue weighted by Gasteiger charge is 2.32. The van der Waals surface area contributed by atoms with Crippen molar-refractivity contribution in [2.45, 2.75) is 18.9 Å². The maximum atomic E-state index is 12.8. The third-order valence-electron chi connectivity index (χ3n) is 4.73. The number of carbonyl (C=O) groups excluding carboxylic acids is 1. The van der Waals surface area contributed by atoms with Crippen molar-refractivity contribution < 1.29 is 4.79 Å². The Bertz CT molecular complexity index is 652. The third kappa shape index (κ3) is 2.55. The first kappa shape index (κ1) is 13.6.